The summed E-state index contributed by atoms with van der Waals surface area (Å²) in [4.78, 5) is 14.1. The van der Waals surface area contributed by atoms with Crippen molar-refractivity contribution in [2.75, 3.05) is 12.4 Å². The van der Waals surface area contributed by atoms with Gasteiger partial charge in [-0.15, -0.1) is 11.3 Å². The number of carbonyl (C=O) groups is 1. The first kappa shape index (κ1) is 18.2. The van der Waals surface area contributed by atoms with Gasteiger partial charge in [0.15, 0.2) is 0 Å². The monoisotopic (exact) mass is 395 g/mol. The molecule has 0 fully saturated rings. The van der Waals surface area contributed by atoms with Crippen molar-refractivity contribution in [3.05, 3.63) is 64.8 Å². The minimum Gasteiger partial charge on any atom is -0.497 e. The largest absolute Gasteiger partial charge is 0.497 e. The zero-order chi connectivity index (χ0) is 19.8. The molecule has 0 saturated heterocycles. The Morgan fingerprint density at radius 3 is 2.79 bits per heavy atom. The number of benzene rings is 2. The first-order valence-electron chi connectivity index (χ1n) is 8.64. The third kappa shape index (κ3) is 3.25. The Labute approximate surface area is 165 Å². The van der Waals surface area contributed by atoms with Crippen LogP contribution in [0.1, 0.15) is 15.2 Å². The van der Waals surface area contributed by atoms with E-state index in [2.05, 4.69) is 10.4 Å². The minimum absolute atomic E-state index is 0.277. The van der Waals surface area contributed by atoms with Crippen molar-refractivity contribution >= 4 is 33.1 Å². The smallest absolute Gasteiger partial charge is 0.265 e. The summed E-state index contributed by atoms with van der Waals surface area (Å²) in [7, 11) is 3.47. The minimum atomic E-state index is -0.348. The Morgan fingerprint density at radius 1 is 1.21 bits per heavy atom. The molecule has 0 bridgehead atoms. The standard InChI is InChI=1S/C21H18FN3O2S/c1-12-7-8-14(10-17(12)22)23-20(26)18-11-16-19(24-25(2)21(16)28-18)13-5-4-6-15(9-13)27-3/h4-11H,1-3H3,(H,23,26). The predicted octanol–water partition coefficient (Wildman–Crippen LogP) is 5.01. The highest BCUT2D eigenvalue weighted by Crippen LogP contribution is 2.35. The van der Waals surface area contributed by atoms with Crippen molar-refractivity contribution in [3.8, 4) is 17.0 Å². The molecular weight excluding hydrogens is 377 g/mol. The number of amides is 1. The third-order valence-corrected chi connectivity index (χ3v) is 5.71. The van der Waals surface area contributed by atoms with E-state index in [0.29, 0.717) is 16.1 Å². The number of halogens is 1. The second-order valence-electron chi connectivity index (χ2n) is 6.45. The van der Waals surface area contributed by atoms with Gasteiger partial charge in [-0.1, -0.05) is 18.2 Å². The molecule has 28 heavy (non-hydrogen) atoms. The van der Waals surface area contributed by atoms with Crippen LogP contribution in [0.3, 0.4) is 0 Å². The summed E-state index contributed by atoms with van der Waals surface area (Å²) in [6.45, 7) is 1.68. The molecule has 2 aromatic carbocycles. The Bertz CT molecular complexity index is 1200. The van der Waals surface area contributed by atoms with E-state index in [-0.39, 0.29) is 11.7 Å². The lowest BCUT2D eigenvalue weighted by molar-refractivity contribution is 0.103. The molecule has 7 heteroatoms. The van der Waals surface area contributed by atoms with Gasteiger partial charge < -0.3 is 10.1 Å². The molecule has 0 spiro atoms. The summed E-state index contributed by atoms with van der Waals surface area (Å²) in [6.07, 6.45) is 0. The maximum atomic E-state index is 13.7. The van der Waals surface area contributed by atoms with Gasteiger partial charge in [-0.25, -0.2) is 4.39 Å². The SMILES string of the molecule is COc1cccc(-c2nn(C)c3sc(C(=O)Nc4ccc(C)c(F)c4)cc23)c1. The molecule has 0 aliphatic heterocycles. The molecule has 1 N–H and O–H groups in total. The molecule has 0 unspecified atom stereocenters. The highest BCUT2D eigenvalue weighted by Gasteiger charge is 2.18. The lowest BCUT2D eigenvalue weighted by Crippen LogP contribution is -2.10. The maximum absolute atomic E-state index is 13.7. The third-order valence-electron chi connectivity index (χ3n) is 4.51. The van der Waals surface area contributed by atoms with Crippen LogP contribution >= 0.6 is 11.3 Å². The fraction of sp³-hybridized carbons (Fsp3) is 0.143. The van der Waals surface area contributed by atoms with Crippen molar-refractivity contribution in [2.45, 2.75) is 6.92 Å². The Kier molecular flexibility index (Phi) is 4.60. The molecule has 142 valence electrons. The zero-order valence-corrected chi connectivity index (χ0v) is 16.4. The number of fused-ring (bicyclic) bond motifs is 1. The molecule has 2 aromatic heterocycles. The molecule has 4 rings (SSSR count). The number of thiophene rings is 1. The normalized spacial score (nSPS) is 11.0. The van der Waals surface area contributed by atoms with Crippen LogP contribution < -0.4 is 10.1 Å². The second kappa shape index (κ2) is 7.09. The quantitative estimate of drug-likeness (QED) is 0.528. The summed E-state index contributed by atoms with van der Waals surface area (Å²) < 4.78 is 20.8. The van der Waals surface area contributed by atoms with Crippen LogP contribution in [0, 0.1) is 12.7 Å². The van der Waals surface area contributed by atoms with Gasteiger partial charge in [-0.05, 0) is 42.8 Å². The first-order chi connectivity index (χ1) is 13.5. The number of hydrogen-bond donors (Lipinski definition) is 1. The molecule has 0 aliphatic rings. The fourth-order valence-electron chi connectivity index (χ4n) is 3.00. The van der Waals surface area contributed by atoms with E-state index in [4.69, 9.17) is 4.74 Å². The van der Waals surface area contributed by atoms with Crippen LogP contribution in [-0.2, 0) is 7.05 Å². The number of aryl methyl sites for hydroxylation is 2. The molecular formula is C21H18FN3O2S. The second-order valence-corrected chi connectivity index (χ2v) is 7.48. The van der Waals surface area contributed by atoms with Crippen LogP contribution in [-0.4, -0.2) is 22.8 Å². The fourth-order valence-corrected chi connectivity index (χ4v) is 3.97. The van der Waals surface area contributed by atoms with Crippen molar-refractivity contribution in [2.24, 2.45) is 7.05 Å². The lowest BCUT2D eigenvalue weighted by Gasteiger charge is -2.05. The molecule has 0 atom stereocenters. The maximum Gasteiger partial charge on any atom is 0.265 e. The van der Waals surface area contributed by atoms with E-state index >= 15 is 0 Å². The number of rotatable bonds is 4. The molecule has 2 heterocycles. The first-order valence-corrected chi connectivity index (χ1v) is 9.46. The van der Waals surface area contributed by atoms with Gasteiger partial charge in [-0.2, -0.15) is 5.10 Å². The summed E-state index contributed by atoms with van der Waals surface area (Å²) in [5.41, 5.74) is 2.66. The number of nitrogens with zero attached hydrogens (tertiary/aromatic N) is 2. The number of aromatic nitrogens is 2. The average molecular weight is 395 g/mol. The van der Waals surface area contributed by atoms with Crippen LogP contribution in [0.15, 0.2) is 48.5 Å². The van der Waals surface area contributed by atoms with E-state index in [1.807, 2.05) is 37.4 Å². The van der Waals surface area contributed by atoms with Gasteiger partial charge in [0.05, 0.1) is 12.0 Å². The van der Waals surface area contributed by atoms with Crippen molar-refractivity contribution in [1.29, 1.82) is 0 Å². The van der Waals surface area contributed by atoms with Gasteiger partial charge in [0.2, 0.25) is 0 Å². The molecule has 4 aromatic rings. The van der Waals surface area contributed by atoms with E-state index in [1.165, 1.54) is 17.4 Å². The lowest BCUT2D eigenvalue weighted by atomic mass is 10.1. The van der Waals surface area contributed by atoms with Crippen LogP contribution in [0.4, 0.5) is 10.1 Å². The molecule has 1 amide bonds. The summed E-state index contributed by atoms with van der Waals surface area (Å²) in [5.74, 6) is 0.116. The number of ether oxygens (including phenoxy) is 1. The van der Waals surface area contributed by atoms with Crippen molar-refractivity contribution < 1.29 is 13.9 Å². The van der Waals surface area contributed by atoms with Gasteiger partial charge in [-0.3, -0.25) is 9.48 Å². The highest BCUT2D eigenvalue weighted by molar-refractivity contribution is 7.20. The number of nitrogens with one attached hydrogen (secondary N) is 1. The molecule has 0 radical (unpaired) electrons. The number of methoxy groups -OCH3 is 1. The van der Waals surface area contributed by atoms with Gasteiger partial charge in [0.25, 0.3) is 5.91 Å². The van der Waals surface area contributed by atoms with Crippen LogP contribution in [0.2, 0.25) is 0 Å². The number of carbonyl (C=O) groups excluding carboxylic acids is 1. The Hall–Kier alpha value is -3.19. The highest BCUT2D eigenvalue weighted by atomic mass is 32.1. The Balaban J connectivity index is 1.69. The van der Waals surface area contributed by atoms with E-state index in [9.17, 15) is 9.18 Å². The summed E-state index contributed by atoms with van der Waals surface area (Å²) in [5, 5.41) is 8.24. The van der Waals surface area contributed by atoms with Crippen LogP contribution in [0.5, 0.6) is 5.75 Å². The Morgan fingerprint density at radius 2 is 2.04 bits per heavy atom. The summed E-state index contributed by atoms with van der Waals surface area (Å²) in [6, 6.07) is 14.1. The predicted molar refractivity (Wildman–Crippen MR) is 110 cm³/mol. The van der Waals surface area contributed by atoms with Crippen LogP contribution in [0.25, 0.3) is 21.5 Å². The molecule has 0 saturated carbocycles. The van der Waals surface area contributed by atoms with Gasteiger partial charge in [0, 0.05) is 23.7 Å². The van der Waals surface area contributed by atoms with Gasteiger partial charge >= 0.3 is 0 Å². The van der Waals surface area contributed by atoms with Crippen molar-refractivity contribution in [3.63, 3.8) is 0 Å². The van der Waals surface area contributed by atoms with E-state index in [0.717, 1.165) is 27.2 Å². The topological polar surface area (TPSA) is 56.2 Å². The summed E-state index contributed by atoms with van der Waals surface area (Å²) >= 11 is 1.35. The van der Waals surface area contributed by atoms with Gasteiger partial charge in [0.1, 0.15) is 22.1 Å². The number of hydrogen-bond acceptors (Lipinski definition) is 4. The molecule has 5 nitrogen and oxygen atoms in total. The molecule has 0 aliphatic carbocycles. The average Bonchev–Trinajstić information content (AvgIpc) is 3.26. The number of anilines is 1. The van der Waals surface area contributed by atoms with Crippen molar-refractivity contribution in [1.82, 2.24) is 9.78 Å². The van der Waals surface area contributed by atoms with E-state index in [1.54, 1.807) is 30.8 Å². The zero-order valence-electron chi connectivity index (χ0n) is 15.6. The van der Waals surface area contributed by atoms with E-state index < -0.39 is 0 Å².